The molecule has 0 aliphatic carbocycles. The first kappa shape index (κ1) is 18.8. The molecule has 0 radical (unpaired) electrons. The van der Waals surface area contributed by atoms with Crippen LogP contribution in [0.2, 0.25) is 0 Å². The molecule has 2 heterocycles. The summed E-state index contributed by atoms with van der Waals surface area (Å²) in [4.78, 5) is 19.3. The van der Waals surface area contributed by atoms with Crippen molar-refractivity contribution in [2.45, 2.75) is 20.0 Å². The van der Waals surface area contributed by atoms with Gasteiger partial charge in [-0.2, -0.15) is 0 Å². The predicted octanol–water partition coefficient (Wildman–Crippen LogP) is 3.77. The number of carbonyl (C=O) groups excluding carboxylic acids is 1. The van der Waals surface area contributed by atoms with E-state index in [0.717, 1.165) is 30.2 Å². The third kappa shape index (κ3) is 4.48. The number of nitrogens with zero attached hydrogens (tertiary/aromatic N) is 2. The van der Waals surface area contributed by atoms with Crippen LogP contribution in [0.4, 0.5) is 5.82 Å². The van der Waals surface area contributed by atoms with Gasteiger partial charge in [0.2, 0.25) is 6.79 Å². The SMILES string of the molecule is CCN(Cc1ccccc1)c1cc(C(=O)NCc2ccc3c(c2)OCO3)ccn1. The third-order valence-electron chi connectivity index (χ3n) is 4.82. The molecule has 0 fully saturated rings. The molecule has 4 rings (SSSR count). The Bertz CT molecular complexity index is 992. The van der Waals surface area contributed by atoms with Gasteiger partial charge in [0.05, 0.1) is 0 Å². The van der Waals surface area contributed by atoms with Crippen molar-refractivity contribution in [1.29, 1.82) is 0 Å². The molecule has 29 heavy (non-hydrogen) atoms. The van der Waals surface area contributed by atoms with E-state index in [-0.39, 0.29) is 12.7 Å². The molecule has 1 aliphatic heterocycles. The second-order valence-corrected chi connectivity index (χ2v) is 6.77. The van der Waals surface area contributed by atoms with Gasteiger partial charge in [-0.3, -0.25) is 4.79 Å². The number of hydrogen-bond donors (Lipinski definition) is 1. The van der Waals surface area contributed by atoms with Crippen molar-refractivity contribution in [3.05, 3.63) is 83.6 Å². The standard InChI is InChI=1S/C23H23N3O3/c1-2-26(15-17-6-4-3-5-7-17)22-13-19(10-11-24-22)23(27)25-14-18-8-9-20-21(12-18)29-16-28-20/h3-13H,2,14-16H2,1H3,(H,25,27). The molecule has 3 aromatic rings. The number of carbonyl (C=O) groups is 1. The summed E-state index contributed by atoms with van der Waals surface area (Å²) < 4.78 is 10.7. The zero-order chi connectivity index (χ0) is 20.1. The Labute approximate surface area is 170 Å². The molecule has 0 spiro atoms. The fourth-order valence-electron chi connectivity index (χ4n) is 3.23. The molecule has 0 atom stereocenters. The summed E-state index contributed by atoms with van der Waals surface area (Å²) >= 11 is 0. The van der Waals surface area contributed by atoms with Gasteiger partial charge in [0.1, 0.15) is 5.82 Å². The summed E-state index contributed by atoms with van der Waals surface area (Å²) in [5.74, 6) is 2.09. The van der Waals surface area contributed by atoms with Gasteiger partial charge in [0, 0.05) is 31.4 Å². The van der Waals surface area contributed by atoms with E-state index in [0.29, 0.717) is 17.9 Å². The number of amides is 1. The monoisotopic (exact) mass is 389 g/mol. The number of fused-ring (bicyclic) bond motifs is 1. The molecule has 1 aromatic heterocycles. The van der Waals surface area contributed by atoms with Gasteiger partial charge in [-0.15, -0.1) is 0 Å². The summed E-state index contributed by atoms with van der Waals surface area (Å²) in [6, 6.07) is 19.5. The van der Waals surface area contributed by atoms with Crippen molar-refractivity contribution in [2.75, 3.05) is 18.2 Å². The van der Waals surface area contributed by atoms with Gasteiger partial charge in [-0.1, -0.05) is 36.4 Å². The number of aromatic nitrogens is 1. The molecular formula is C23H23N3O3. The zero-order valence-corrected chi connectivity index (χ0v) is 16.3. The molecule has 148 valence electrons. The Balaban J connectivity index is 1.42. The second kappa shape index (κ2) is 8.65. The van der Waals surface area contributed by atoms with Crippen molar-refractivity contribution >= 4 is 11.7 Å². The van der Waals surface area contributed by atoms with Crippen LogP contribution < -0.4 is 19.7 Å². The number of rotatable bonds is 7. The van der Waals surface area contributed by atoms with E-state index in [1.54, 1.807) is 12.3 Å². The van der Waals surface area contributed by atoms with E-state index in [9.17, 15) is 4.79 Å². The first-order valence-corrected chi connectivity index (χ1v) is 9.64. The summed E-state index contributed by atoms with van der Waals surface area (Å²) in [7, 11) is 0. The largest absolute Gasteiger partial charge is 0.454 e. The Morgan fingerprint density at radius 2 is 1.86 bits per heavy atom. The highest BCUT2D eigenvalue weighted by molar-refractivity contribution is 5.94. The lowest BCUT2D eigenvalue weighted by atomic mass is 10.1. The summed E-state index contributed by atoms with van der Waals surface area (Å²) in [6.07, 6.45) is 1.68. The van der Waals surface area contributed by atoms with Crippen LogP contribution in [-0.2, 0) is 13.1 Å². The topological polar surface area (TPSA) is 63.7 Å². The molecule has 1 aliphatic rings. The van der Waals surface area contributed by atoms with Crippen molar-refractivity contribution in [2.24, 2.45) is 0 Å². The molecule has 0 saturated carbocycles. The minimum Gasteiger partial charge on any atom is -0.454 e. The Hall–Kier alpha value is -3.54. The van der Waals surface area contributed by atoms with E-state index in [4.69, 9.17) is 9.47 Å². The summed E-state index contributed by atoms with van der Waals surface area (Å²) in [5.41, 5.74) is 2.74. The fraction of sp³-hybridized carbons (Fsp3) is 0.217. The number of benzene rings is 2. The van der Waals surface area contributed by atoms with E-state index < -0.39 is 0 Å². The van der Waals surface area contributed by atoms with Crippen molar-refractivity contribution in [3.63, 3.8) is 0 Å². The molecule has 1 amide bonds. The van der Waals surface area contributed by atoms with Crippen molar-refractivity contribution in [1.82, 2.24) is 10.3 Å². The summed E-state index contributed by atoms with van der Waals surface area (Å²) in [5, 5.41) is 2.96. The van der Waals surface area contributed by atoms with Crippen LogP contribution in [0.5, 0.6) is 11.5 Å². The number of ether oxygens (including phenoxy) is 2. The smallest absolute Gasteiger partial charge is 0.251 e. The predicted molar refractivity (Wildman–Crippen MR) is 111 cm³/mol. The Morgan fingerprint density at radius 3 is 2.69 bits per heavy atom. The van der Waals surface area contributed by atoms with Gasteiger partial charge in [0.15, 0.2) is 11.5 Å². The maximum absolute atomic E-state index is 12.7. The molecule has 0 saturated heterocycles. The quantitative estimate of drug-likeness (QED) is 0.667. The minimum absolute atomic E-state index is 0.137. The Kier molecular flexibility index (Phi) is 5.61. The highest BCUT2D eigenvalue weighted by atomic mass is 16.7. The van der Waals surface area contributed by atoms with E-state index in [1.807, 2.05) is 42.5 Å². The zero-order valence-electron chi connectivity index (χ0n) is 16.3. The van der Waals surface area contributed by atoms with Crippen LogP contribution in [0.1, 0.15) is 28.4 Å². The highest BCUT2D eigenvalue weighted by Gasteiger charge is 2.14. The number of pyridine rings is 1. The maximum Gasteiger partial charge on any atom is 0.251 e. The molecule has 1 N–H and O–H groups in total. The van der Waals surface area contributed by atoms with E-state index in [1.165, 1.54) is 5.56 Å². The molecular weight excluding hydrogens is 366 g/mol. The van der Waals surface area contributed by atoms with Crippen LogP contribution in [0.3, 0.4) is 0 Å². The van der Waals surface area contributed by atoms with Crippen LogP contribution >= 0.6 is 0 Å². The summed E-state index contributed by atoms with van der Waals surface area (Å²) in [6.45, 7) is 4.27. The van der Waals surface area contributed by atoms with Gasteiger partial charge in [0.25, 0.3) is 5.91 Å². The lowest BCUT2D eigenvalue weighted by Crippen LogP contribution is -2.25. The maximum atomic E-state index is 12.7. The van der Waals surface area contributed by atoms with Crippen LogP contribution in [0.15, 0.2) is 66.9 Å². The van der Waals surface area contributed by atoms with Crippen molar-refractivity contribution in [3.8, 4) is 11.5 Å². The third-order valence-corrected chi connectivity index (χ3v) is 4.82. The average molecular weight is 389 g/mol. The molecule has 6 nitrogen and oxygen atoms in total. The fourth-order valence-corrected chi connectivity index (χ4v) is 3.23. The van der Waals surface area contributed by atoms with Crippen LogP contribution in [0.25, 0.3) is 0 Å². The van der Waals surface area contributed by atoms with Crippen LogP contribution in [-0.4, -0.2) is 24.2 Å². The molecule has 0 bridgehead atoms. The molecule has 2 aromatic carbocycles. The Morgan fingerprint density at radius 1 is 1.03 bits per heavy atom. The average Bonchev–Trinajstić information content (AvgIpc) is 3.24. The molecule has 0 unspecified atom stereocenters. The number of hydrogen-bond acceptors (Lipinski definition) is 5. The number of nitrogens with one attached hydrogen (secondary N) is 1. The normalized spacial score (nSPS) is 11.9. The highest BCUT2D eigenvalue weighted by Crippen LogP contribution is 2.32. The first-order chi connectivity index (χ1) is 14.2. The first-order valence-electron chi connectivity index (χ1n) is 9.64. The lowest BCUT2D eigenvalue weighted by molar-refractivity contribution is 0.0950. The van der Waals surface area contributed by atoms with E-state index in [2.05, 4.69) is 34.3 Å². The lowest BCUT2D eigenvalue weighted by Gasteiger charge is -2.22. The van der Waals surface area contributed by atoms with Crippen LogP contribution in [0, 0.1) is 0 Å². The van der Waals surface area contributed by atoms with Gasteiger partial charge >= 0.3 is 0 Å². The van der Waals surface area contributed by atoms with Gasteiger partial charge < -0.3 is 19.7 Å². The van der Waals surface area contributed by atoms with Gasteiger partial charge in [-0.25, -0.2) is 4.98 Å². The van der Waals surface area contributed by atoms with Crippen molar-refractivity contribution < 1.29 is 14.3 Å². The minimum atomic E-state index is -0.137. The molecule has 6 heteroatoms. The van der Waals surface area contributed by atoms with E-state index >= 15 is 0 Å². The number of anilines is 1. The van der Waals surface area contributed by atoms with Gasteiger partial charge in [-0.05, 0) is 42.3 Å². The second-order valence-electron chi connectivity index (χ2n) is 6.77.